The van der Waals surface area contributed by atoms with E-state index in [-0.39, 0.29) is 17.5 Å². The normalized spacial score (nSPS) is 23.5. The van der Waals surface area contributed by atoms with Crippen LogP contribution in [0, 0.1) is 0 Å². The highest BCUT2D eigenvalue weighted by Crippen LogP contribution is 2.17. The predicted octanol–water partition coefficient (Wildman–Crippen LogP) is 1.29. The average Bonchev–Trinajstić information content (AvgIpc) is 2.33. The number of pyridine rings is 1. The third-order valence-corrected chi connectivity index (χ3v) is 3.12. The summed E-state index contributed by atoms with van der Waals surface area (Å²) in [6.07, 6.45) is 1.66. The number of carbonyl (C=O) groups is 1. The molecule has 4 heteroatoms. The zero-order valence-electron chi connectivity index (χ0n) is 10.6. The Labute approximate surface area is 102 Å². The van der Waals surface area contributed by atoms with E-state index >= 15 is 0 Å². The molecule has 0 spiro atoms. The lowest BCUT2D eigenvalue weighted by Crippen LogP contribution is -2.62. The van der Waals surface area contributed by atoms with Crippen molar-refractivity contribution >= 4 is 5.91 Å². The number of hydrogen-bond donors (Lipinski definition) is 1. The summed E-state index contributed by atoms with van der Waals surface area (Å²) in [7, 11) is 0. The van der Waals surface area contributed by atoms with E-state index in [1.807, 2.05) is 17.0 Å². The smallest absolute Gasteiger partial charge is 0.272 e. The van der Waals surface area contributed by atoms with Gasteiger partial charge in [0.2, 0.25) is 0 Å². The highest BCUT2D eigenvalue weighted by atomic mass is 16.2. The van der Waals surface area contributed by atoms with E-state index in [9.17, 15) is 4.79 Å². The predicted molar refractivity (Wildman–Crippen MR) is 66.8 cm³/mol. The van der Waals surface area contributed by atoms with Crippen molar-refractivity contribution in [3.05, 3.63) is 30.1 Å². The molecule has 4 nitrogen and oxygen atoms in total. The minimum atomic E-state index is -0.0308. The molecule has 2 rings (SSSR count). The van der Waals surface area contributed by atoms with Gasteiger partial charge in [0, 0.05) is 30.9 Å². The lowest BCUT2D eigenvalue weighted by atomic mass is 9.99. The van der Waals surface area contributed by atoms with Gasteiger partial charge in [0.25, 0.3) is 5.91 Å². The standard InChI is InChI=1S/C13H19N3O/c1-10-8-15-13(2,3)9-16(10)12(17)11-6-4-5-7-14-11/h4-7,10,15H,8-9H2,1-3H3. The second-order valence-electron chi connectivity index (χ2n) is 5.26. The van der Waals surface area contributed by atoms with Crippen LogP contribution in [0.2, 0.25) is 0 Å². The first-order valence-electron chi connectivity index (χ1n) is 5.97. The van der Waals surface area contributed by atoms with E-state index < -0.39 is 0 Å². The molecule has 1 aliphatic rings. The molecule has 0 radical (unpaired) electrons. The third kappa shape index (κ3) is 2.64. The second-order valence-corrected chi connectivity index (χ2v) is 5.26. The monoisotopic (exact) mass is 233 g/mol. The molecule has 0 bridgehead atoms. The lowest BCUT2D eigenvalue weighted by Gasteiger charge is -2.43. The van der Waals surface area contributed by atoms with Gasteiger partial charge in [-0.05, 0) is 32.9 Å². The quantitative estimate of drug-likeness (QED) is 0.795. The largest absolute Gasteiger partial charge is 0.332 e. The van der Waals surface area contributed by atoms with Gasteiger partial charge < -0.3 is 10.2 Å². The van der Waals surface area contributed by atoms with Crippen LogP contribution in [0.4, 0.5) is 0 Å². The number of nitrogens with zero attached hydrogens (tertiary/aromatic N) is 2. The Morgan fingerprint density at radius 2 is 2.29 bits per heavy atom. The van der Waals surface area contributed by atoms with Crippen LogP contribution in [0.25, 0.3) is 0 Å². The van der Waals surface area contributed by atoms with E-state index in [0.29, 0.717) is 12.2 Å². The van der Waals surface area contributed by atoms with E-state index in [4.69, 9.17) is 0 Å². The molecule has 1 aliphatic heterocycles. The Kier molecular flexibility index (Phi) is 3.15. The Balaban J connectivity index is 2.18. The van der Waals surface area contributed by atoms with E-state index in [0.717, 1.165) is 6.54 Å². The minimum Gasteiger partial charge on any atom is -0.332 e. The maximum atomic E-state index is 12.3. The molecule has 92 valence electrons. The number of amides is 1. The van der Waals surface area contributed by atoms with Gasteiger partial charge in [-0.15, -0.1) is 0 Å². The van der Waals surface area contributed by atoms with E-state index in [2.05, 4.69) is 31.1 Å². The Morgan fingerprint density at radius 3 is 2.94 bits per heavy atom. The van der Waals surface area contributed by atoms with Gasteiger partial charge in [0.05, 0.1) is 0 Å². The molecule has 1 N–H and O–H groups in total. The summed E-state index contributed by atoms with van der Waals surface area (Å²) in [6.45, 7) is 7.81. The summed E-state index contributed by atoms with van der Waals surface area (Å²) in [5.74, 6) is 0.0210. The summed E-state index contributed by atoms with van der Waals surface area (Å²) >= 11 is 0. The number of rotatable bonds is 1. The highest BCUT2D eigenvalue weighted by molar-refractivity contribution is 5.92. The van der Waals surface area contributed by atoms with Crippen LogP contribution in [-0.2, 0) is 0 Å². The average molecular weight is 233 g/mol. The highest BCUT2D eigenvalue weighted by Gasteiger charge is 2.33. The molecular weight excluding hydrogens is 214 g/mol. The zero-order valence-corrected chi connectivity index (χ0v) is 10.6. The van der Waals surface area contributed by atoms with Crippen LogP contribution in [-0.4, -0.2) is 40.5 Å². The summed E-state index contributed by atoms with van der Waals surface area (Å²) in [6, 6.07) is 5.64. The van der Waals surface area contributed by atoms with Crippen LogP contribution in [0.5, 0.6) is 0 Å². The molecule has 17 heavy (non-hydrogen) atoms. The number of carbonyl (C=O) groups excluding carboxylic acids is 1. The van der Waals surface area contributed by atoms with Crippen LogP contribution in [0.1, 0.15) is 31.3 Å². The fraction of sp³-hybridized carbons (Fsp3) is 0.538. The van der Waals surface area contributed by atoms with Crippen molar-refractivity contribution in [1.82, 2.24) is 15.2 Å². The number of aromatic nitrogens is 1. The third-order valence-electron chi connectivity index (χ3n) is 3.12. The maximum Gasteiger partial charge on any atom is 0.272 e. The SMILES string of the molecule is CC1CNC(C)(C)CN1C(=O)c1ccccn1. The Morgan fingerprint density at radius 1 is 1.53 bits per heavy atom. The first kappa shape index (κ1) is 12.0. The van der Waals surface area contributed by atoms with Crippen molar-refractivity contribution in [2.75, 3.05) is 13.1 Å². The first-order valence-corrected chi connectivity index (χ1v) is 5.97. The Bertz CT molecular complexity index is 402. The Hall–Kier alpha value is -1.42. The van der Waals surface area contributed by atoms with Gasteiger partial charge in [0.15, 0.2) is 0 Å². The second kappa shape index (κ2) is 4.45. The summed E-state index contributed by atoms with van der Waals surface area (Å²) in [5.41, 5.74) is 0.494. The van der Waals surface area contributed by atoms with Crippen LogP contribution >= 0.6 is 0 Å². The fourth-order valence-corrected chi connectivity index (χ4v) is 2.08. The van der Waals surface area contributed by atoms with Crippen LogP contribution in [0.15, 0.2) is 24.4 Å². The molecule has 1 atom stereocenters. The fourth-order valence-electron chi connectivity index (χ4n) is 2.08. The summed E-state index contributed by atoms with van der Waals surface area (Å²) < 4.78 is 0. The van der Waals surface area contributed by atoms with Gasteiger partial charge in [0.1, 0.15) is 5.69 Å². The number of nitrogens with one attached hydrogen (secondary N) is 1. The molecule has 1 aromatic rings. The molecule has 1 aromatic heterocycles. The van der Waals surface area contributed by atoms with Gasteiger partial charge >= 0.3 is 0 Å². The number of hydrogen-bond acceptors (Lipinski definition) is 3. The first-order chi connectivity index (χ1) is 7.99. The maximum absolute atomic E-state index is 12.3. The topological polar surface area (TPSA) is 45.2 Å². The van der Waals surface area contributed by atoms with Gasteiger partial charge in [-0.2, -0.15) is 0 Å². The van der Waals surface area contributed by atoms with Crippen molar-refractivity contribution in [2.24, 2.45) is 0 Å². The van der Waals surface area contributed by atoms with Gasteiger partial charge in [-0.1, -0.05) is 6.07 Å². The van der Waals surface area contributed by atoms with Gasteiger partial charge in [-0.25, -0.2) is 0 Å². The molecule has 1 saturated heterocycles. The zero-order chi connectivity index (χ0) is 12.5. The van der Waals surface area contributed by atoms with Crippen molar-refractivity contribution in [1.29, 1.82) is 0 Å². The van der Waals surface area contributed by atoms with E-state index in [1.165, 1.54) is 0 Å². The number of piperazine rings is 1. The van der Waals surface area contributed by atoms with Crippen LogP contribution < -0.4 is 5.32 Å². The van der Waals surface area contributed by atoms with Crippen molar-refractivity contribution in [3.63, 3.8) is 0 Å². The molecule has 2 heterocycles. The molecule has 0 aromatic carbocycles. The summed E-state index contributed by atoms with van der Waals surface area (Å²) in [5, 5.41) is 3.43. The summed E-state index contributed by atoms with van der Waals surface area (Å²) in [4.78, 5) is 18.4. The molecule has 1 fully saturated rings. The van der Waals surface area contributed by atoms with Gasteiger partial charge in [-0.3, -0.25) is 9.78 Å². The van der Waals surface area contributed by atoms with Crippen molar-refractivity contribution < 1.29 is 4.79 Å². The van der Waals surface area contributed by atoms with Crippen molar-refractivity contribution in [2.45, 2.75) is 32.4 Å². The molecule has 0 aliphatic carbocycles. The van der Waals surface area contributed by atoms with Crippen LogP contribution in [0.3, 0.4) is 0 Å². The molecular formula is C13H19N3O. The van der Waals surface area contributed by atoms with E-state index in [1.54, 1.807) is 12.3 Å². The lowest BCUT2D eigenvalue weighted by molar-refractivity contribution is 0.0527. The molecule has 0 saturated carbocycles. The molecule has 1 unspecified atom stereocenters. The molecule has 1 amide bonds. The minimum absolute atomic E-state index is 0.0210. The van der Waals surface area contributed by atoms with Crippen molar-refractivity contribution in [3.8, 4) is 0 Å².